The molecule has 0 saturated carbocycles. The van der Waals surface area contributed by atoms with Crippen molar-refractivity contribution >= 4 is 5.91 Å². The van der Waals surface area contributed by atoms with E-state index in [1.807, 2.05) is 31.7 Å². The number of carbonyl (C=O) groups excluding carboxylic acids is 1. The molecule has 2 rings (SSSR count). The first-order valence-corrected chi connectivity index (χ1v) is 8.27. The summed E-state index contributed by atoms with van der Waals surface area (Å²) in [6.07, 6.45) is 1.25. The van der Waals surface area contributed by atoms with E-state index in [0.717, 1.165) is 24.9 Å². The van der Waals surface area contributed by atoms with Gasteiger partial charge in [0.1, 0.15) is 0 Å². The van der Waals surface area contributed by atoms with Gasteiger partial charge in [-0.15, -0.1) is 0 Å². The van der Waals surface area contributed by atoms with E-state index in [1.165, 1.54) is 11.1 Å². The predicted octanol–water partition coefficient (Wildman–Crippen LogP) is 3.70. The zero-order valence-electron chi connectivity index (χ0n) is 14.5. The molecule has 0 bridgehead atoms. The molecule has 0 aliphatic carbocycles. The van der Waals surface area contributed by atoms with Gasteiger partial charge in [-0.25, -0.2) is 0 Å². The lowest BCUT2D eigenvalue weighted by Gasteiger charge is -2.34. The molecule has 1 atom stereocenters. The maximum atomic E-state index is 12.5. The van der Waals surface area contributed by atoms with Crippen molar-refractivity contribution in [2.24, 2.45) is 11.3 Å². The lowest BCUT2D eigenvalue weighted by molar-refractivity contribution is -0.140. The van der Waals surface area contributed by atoms with Crippen LogP contribution in [0.2, 0.25) is 0 Å². The third-order valence-electron chi connectivity index (χ3n) is 4.25. The van der Waals surface area contributed by atoms with Crippen LogP contribution in [0.5, 0.6) is 0 Å². The average Bonchev–Trinajstić information content (AvgIpc) is 2.43. The van der Waals surface area contributed by atoms with Gasteiger partial charge >= 0.3 is 0 Å². The quantitative estimate of drug-likeness (QED) is 0.925. The number of fused-ring (bicyclic) bond motifs is 1. The Hall–Kier alpha value is -1.35. The Morgan fingerprint density at radius 3 is 2.55 bits per heavy atom. The first-order valence-electron chi connectivity index (χ1n) is 8.27. The average molecular weight is 303 g/mol. The fourth-order valence-corrected chi connectivity index (χ4v) is 3.01. The zero-order chi connectivity index (χ0) is 16.5. The third-order valence-corrected chi connectivity index (χ3v) is 4.25. The van der Waals surface area contributed by atoms with E-state index in [2.05, 4.69) is 26.0 Å². The molecule has 0 fully saturated rings. The van der Waals surface area contributed by atoms with E-state index in [4.69, 9.17) is 0 Å². The Bertz CT molecular complexity index is 543. The minimum Gasteiger partial charge on any atom is -0.388 e. The summed E-state index contributed by atoms with van der Waals surface area (Å²) in [7, 11) is 0. The number of hydrogen-bond acceptors (Lipinski definition) is 2. The van der Waals surface area contributed by atoms with Crippen molar-refractivity contribution in [1.29, 1.82) is 0 Å². The molecule has 0 spiro atoms. The van der Waals surface area contributed by atoms with Crippen molar-refractivity contribution in [3.63, 3.8) is 0 Å². The van der Waals surface area contributed by atoms with Crippen molar-refractivity contribution in [1.82, 2.24) is 4.90 Å². The summed E-state index contributed by atoms with van der Waals surface area (Å²) in [5.41, 5.74) is 3.12. The Morgan fingerprint density at radius 2 is 1.95 bits per heavy atom. The Labute approximate surface area is 134 Å². The minimum absolute atomic E-state index is 0.200. The molecule has 1 N–H and O–H groups in total. The monoisotopic (exact) mass is 303 g/mol. The maximum absolute atomic E-state index is 12.5. The van der Waals surface area contributed by atoms with Gasteiger partial charge in [-0.1, -0.05) is 52.8 Å². The summed E-state index contributed by atoms with van der Waals surface area (Å²) < 4.78 is 0. The summed E-state index contributed by atoms with van der Waals surface area (Å²) in [5, 5.41) is 10.3. The number of benzene rings is 1. The molecule has 1 aliphatic heterocycles. The highest BCUT2D eigenvalue weighted by Crippen LogP contribution is 2.28. The van der Waals surface area contributed by atoms with E-state index in [9.17, 15) is 9.90 Å². The molecule has 1 heterocycles. The number of rotatable bonds is 3. The van der Waals surface area contributed by atoms with Crippen molar-refractivity contribution < 1.29 is 9.90 Å². The zero-order valence-corrected chi connectivity index (χ0v) is 14.5. The topological polar surface area (TPSA) is 40.5 Å². The van der Waals surface area contributed by atoms with Crippen LogP contribution in [0.4, 0.5) is 0 Å². The molecule has 3 heteroatoms. The summed E-state index contributed by atoms with van der Waals surface area (Å²) in [6, 6.07) is 6.24. The second-order valence-electron chi connectivity index (χ2n) is 7.90. The van der Waals surface area contributed by atoms with Crippen molar-refractivity contribution in [2.75, 3.05) is 6.54 Å². The van der Waals surface area contributed by atoms with Gasteiger partial charge in [0.2, 0.25) is 5.91 Å². The van der Waals surface area contributed by atoms with Gasteiger partial charge in [-0.3, -0.25) is 4.79 Å². The summed E-state index contributed by atoms with van der Waals surface area (Å²) in [5.74, 6) is 0.663. The molecular weight excluding hydrogens is 274 g/mol. The van der Waals surface area contributed by atoms with Gasteiger partial charge in [0, 0.05) is 18.5 Å². The van der Waals surface area contributed by atoms with Gasteiger partial charge in [0.05, 0.1) is 6.10 Å². The molecule has 0 radical (unpaired) electrons. The van der Waals surface area contributed by atoms with Crippen LogP contribution in [0.25, 0.3) is 0 Å². The lowest BCUT2D eigenvalue weighted by atomic mass is 9.90. The van der Waals surface area contributed by atoms with E-state index in [0.29, 0.717) is 12.5 Å². The second kappa shape index (κ2) is 6.41. The van der Waals surface area contributed by atoms with Gasteiger partial charge in [-0.2, -0.15) is 0 Å². The highest BCUT2D eigenvalue weighted by atomic mass is 16.3. The Kier molecular flexibility index (Phi) is 4.96. The summed E-state index contributed by atoms with van der Waals surface area (Å²) in [4.78, 5) is 14.4. The number of aliphatic hydroxyl groups excluding tert-OH is 1. The highest BCUT2D eigenvalue weighted by Gasteiger charge is 2.29. The fourth-order valence-electron chi connectivity index (χ4n) is 3.01. The van der Waals surface area contributed by atoms with E-state index in [1.54, 1.807) is 0 Å². The van der Waals surface area contributed by atoms with Gasteiger partial charge in [-0.05, 0) is 35.4 Å². The van der Waals surface area contributed by atoms with Crippen LogP contribution in [0.1, 0.15) is 63.8 Å². The summed E-state index contributed by atoms with van der Waals surface area (Å²) in [6.45, 7) is 11.6. The molecule has 0 aromatic heterocycles. The van der Waals surface area contributed by atoms with Crippen LogP contribution < -0.4 is 0 Å². The molecule has 1 aromatic rings. The molecule has 122 valence electrons. The van der Waals surface area contributed by atoms with Crippen LogP contribution in [-0.2, 0) is 17.8 Å². The van der Waals surface area contributed by atoms with Crippen LogP contribution in [0, 0.1) is 11.3 Å². The predicted molar refractivity (Wildman–Crippen MR) is 89.4 cm³/mol. The summed E-state index contributed by atoms with van der Waals surface area (Å²) >= 11 is 0. The molecule has 1 unspecified atom stereocenters. The highest BCUT2D eigenvalue weighted by molar-refractivity contribution is 5.81. The number of nitrogens with zero attached hydrogens (tertiary/aromatic N) is 1. The second-order valence-corrected chi connectivity index (χ2v) is 7.90. The van der Waals surface area contributed by atoms with Gasteiger partial charge < -0.3 is 10.0 Å². The smallest absolute Gasteiger partial charge is 0.228 e. The lowest BCUT2D eigenvalue weighted by Crippen LogP contribution is -2.42. The van der Waals surface area contributed by atoms with Crippen LogP contribution >= 0.6 is 0 Å². The number of aliphatic hydroxyl groups is 1. The van der Waals surface area contributed by atoms with Crippen LogP contribution in [0.15, 0.2) is 18.2 Å². The maximum Gasteiger partial charge on any atom is 0.228 e. The minimum atomic E-state index is -0.418. The number of carbonyl (C=O) groups is 1. The normalized spacial score (nSPS) is 16.6. The van der Waals surface area contributed by atoms with Crippen molar-refractivity contribution in [2.45, 2.75) is 60.1 Å². The number of amides is 1. The van der Waals surface area contributed by atoms with Crippen LogP contribution in [-0.4, -0.2) is 22.5 Å². The Balaban J connectivity index is 2.18. The van der Waals surface area contributed by atoms with Crippen LogP contribution in [0.3, 0.4) is 0 Å². The SMILES string of the molecule is CC(C)CC(O)c1ccc2c(c1)CN(C(=O)C(C)(C)C)CC2. The molecule has 1 amide bonds. The van der Waals surface area contributed by atoms with E-state index >= 15 is 0 Å². The van der Waals surface area contributed by atoms with E-state index in [-0.39, 0.29) is 11.3 Å². The first-order chi connectivity index (χ1) is 10.2. The molecule has 3 nitrogen and oxygen atoms in total. The molecule has 1 aromatic carbocycles. The molecule has 0 saturated heterocycles. The van der Waals surface area contributed by atoms with Gasteiger partial charge in [0.15, 0.2) is 0 Å². The standard InChI is InChI=1S/C19H29NO2/c1-13(2)10-17(21)15-7-6-14-8-9-20(12-16(14)11-15)18(22)19(3,4)5/h6-7,11,13,17,21H,8-10,12H2,1-5H3. The van der Waals surface area contributed by atoms with Crippen molar-refractivity contribution in [3.8, 4) is 0 Å². The molecular formula is C19H29NO2. The molecule has 1 aliphatic rings. The Morgan fingerprint density at radius 1 is 1.27 bits per heavy atom. The fraction of sp³-hybridized carbons (Fsp3) is 0.632. The number of hydrogen-bond donors (Lipinski definition) is 1. The van der Waals surface area contributed by atoms with E-state index < -0.39 is 6.10 Å². The van der Waals surface area contributed by atoms with Gasteiger partial charge in [0.25, 0.3) is 0 Å². The molecule has 22 heavy (non-hydrogen) atoms. The first kappa shape index (κ1) is 17.0. The third kappa shape index (κ3) is 3.89. The largest absolute Gasteiger partial charge is 0.388 e. The van der Waals surface area contributed by atoms with Crippen molar-refractivity contribution in [3.05, 3.63) is 34.9 Å².